The molecule has 0 aromatic carbocycles. The second kappa shape index (κ2) is 42.3. The molecule has 0 amide bonds. The summed E-state index contributed by atoms with van der Waals surface area (Å²) in [6.07, 6.45) is 2.98. The van der Waals surface area contributed by atoms with Gasteiger partial charge in [0.25, 0.3) is 0 Å². The Bertz CT molecular complexity index is 373. The summed E-state index contributed by atoms with van der Waals surface area (Å²) in [5.41, 5.74) is 5.22. The van der Waals surface area contributed by atoms with E-state index in [9.17, 15) is 4.79 Å². The average molecular weight is 582 g/mol. The number of methoxy groups -OCH3 is 1. The number of hydrogen-bond acceptors (Lipinski definition) is 12. The van der Waals surface area contributed by atoms with Gasteiger partial charge in [-0.1, -0.05) is 0 Å². The van der Waals surface area contributed by atoms with E-state index in [1.165, 1.54) is 0 Å². The molecule has 0 bridgehead atoms. The summed E-state index contributed by atoms with van der Waals surface area (Å²) >= 11 is 12.1. The van der Waals surface area contributed by atoms with E-state index in [1.54, 1.807) is 7.11 Å². The number of hydrogen-bond donors (Lipinski definition) is 5. The van der Waals surface area contributed by atoms with Gasteiger partial charge in [-0.25, -0.2) is 0 Å². The Morgan fingerprint density at radius 2 is 0.917 bits per heavy atom. The van der Waals surface area contributed by atoms with E-state index in [1.807, 2.05) is 0 Å². The van der Waals surface area contributed by atoms with Crippen LogP contribution in [0.15, 0.2) is 0 Å². The minimum absolute atomic E-state index is 0.0522. The molecule has 0 aliphatic rings. The van der Waals surface area contributed by atoms with E-state index in [0.29, 0.717) is 72.6 Å². The second-order valence-electron chi connectivity index (χ2n) is 6.83. The Morgan fingerprint density at radius 3 is 1.25 bits per heavy atom. The first-order chi connectivity index (χ1) is 17.6. The number of nitrogens with two attached hydrogens (primary N) is 1. The Kier molecular flexibility index (Phi) is 47.8. The smallest absolute Gasteiger partial charge is 0.305 e. The van der Waals surface area contributed by atoms with Crippen molar-refractivity contribution >= 4 is 43.9 Å². The lowest BCUT2D eigenvalue weighted by Crippen LogP contribution is -2.12. The fourth-order valence-electron chi connectivity index (χ4n) is 1.85. The largest absolute Gasteiger partial charge is 0.481 e. The van der Waals surface area contributed by atoms with Gasteiger partial charge >= 0.3 is 5.97 Å². The highest BCUT2D eigenvalue weighted by atomic mass is 32.1. The molecule has 220 valence electrons. The van der Waals surface area contributed by atoms with Crippen LogP contribution < -0.4 is 5.73 Å². The molecule has 0 heterocycles. The van der Waals surface area contributed by atoms with Crippen molar-refractivity contribution in [2.45, 2.75) is 25.7 Å². The van der Waals surface area contributed by atoms with Crippen LogP contribution in [0.5, 0.6) is 0 Å². The molecule has 36 heavy (non-hydrogen) atoms. The monoisotopic (exact) mass is 581 g/mol. The van der Waals surface area contributed by atoms with E-state index in [2.05, 4.69) is 37.9 Å². The van der Waals surface area contributed by atoms with Crippen molar-refractivity contribution in [2.75, 3.05) is 117 Å². The van der Waals surface area contributed by atoms with Crippen molar-refractivity contribution in [1.29, 1.82) is 0 Å². The van der Waals surface area contributed by atoms with Gasteiger partial charge in [0.05, 0.1) is 72.5 Å². The van der Waals surface area contributed by atoms with Crippen molar-refractivity contribution in [3.05, 3.63) is 0 Å². The molecular weight excluding hydrogens is 530 g/mol. The number of carboxylic acids is 1. The second-order valence-corrected chi connectivity index (χ2v) is 8.17. The molecule has 0 spiro atoms. The molecule has 0 aliphatic heterocycles. The predicted octanol–water partition coefficient (Wildman–Crippen LogP) is 2.10. The maximum atomic E-state index is 10.1. The minimum atomic E-state index is -0.837. The van der Waals surface area contributed by atoms with Crippen molar-refractivity contribution in [3.8, 4) is 0 Å². The lowest BCUT2D eigenvalue weighted by atomic mass is 10.5. The van der Waals surface area contributed by atoms with Gasteiger partial charge in [0.15, 0.2) is 0 Å². The molecule has 0 aromatic rings. The summed E-state index contributed by atoms with van der Waals surface area (Å²) in [5, 5.41) is 8.27. The third kappa shape index (κ3) is 51.0. The number of ether oxygens (including phenoxy) is 7. The number of rotatable bonds is 26. The summed E-state index contributed by atoms with van der Waals surface area (Å²) in [6, 6.07) is 0. The Morgan fingerprint density at radius 1 is 0.583 bits per heavy atom. The molecule has 0 fully saturated rings. The molecule has 0 saturated carbocycles. The van der Waals surface area contributed by atoms with Gasteiger partial charge in [-0.3, -0.25) is 4.79 Å². The van der Waals surface area contributed by atoms with Crippen LogP contribution in [0.25, 0.3) is 0 Å². The SMILES string of the molecule is COCCOCCOCCCS.NCCOCCOCCCS.O=C(O)CCOCCOCCCS. The number of carboxylic acid groups (broad SMARTS) is 1. The summed E-state index contributed by atoms with van der Waals surface area (Å²) in [4.78, 5) is 10.1. The Balaban J connectivity index is -0.000000455. The lowest BCUT2D eigenvalue weighted by Gasteiger charge is -2.04. The molecule has 0 aliphatic carbocycles. The van der Waals surface area contributed by atoms with Gasteiger partial charge in [0.1, 0.15) is 0 Å². The number of aliphatic carboxylic acids is 1. The Hall–Kier alpha value is 0.200. The first-order valence-electron chi connectivity index (χ1n) is 12.3. The van der Waals surface area contributed by atoms with Crippen molar-refractivity contribution in [1.82, 2.24) is 0 Å². The molecule has 0 atom stereocenters. The van der Waals surface area contributed by atoms with E-state index < -0.39 is 5.97 Å². The van der Waals surface area contributed by atoms with Gasteiger partial charge in [0, 0.05) is 33.5 Å². The average Bonchev–Trinajstić information content (AvgIpc) is 2.87. The zero-order valence-electron chi connectivity index (χ0n) is 22.0. The number of carbonyl (C=O) groups is 1. The highest BCUT2D eigenvalue weighted by Gasteiger charge is 1.95. The third-order valence-electron chi connectivity index (χ3n) is 3.61. The van der Waals surface area contributed by atoms with E-state index in [-0.39, 0.29) is 13.0 Å². The highest BCUT2D eigenvalue weighted by molar-refractivity contribution is 7.80. The molecule has 0 rings (SSSR count). The van der Waals surface area contributed by atoms with Crippen LogP contribution in [0.2, 0.25) is 0 Å². The van der Waals surface area contributed by atoms with Crippen molar-refractivity contribution in [3.63, 3.8) is 0 Å². The summed E-state index contributed by atoms with van der Waals surface area (Å²) in [6.45, 7) is 8.58. The molecule has 13 heteroatoms. The molecule has 0 aromatic heterocycles. The van der Waals surface area contributed by atoms with Crippen LogP contribution in [0.4, 0.5) is 0 Å². The fraction of sp³-hybridized carbons (Fsp3) is 0.957. The predicted molar refractivity (Wildman–Crippen MR) is 154 cm³/mol. The summed E-state index contributed by atoms with van der Waals surface area (Å²) < 4.78 is 35.7. The molecule has 0 radical (unpaired) electrons. The zero-order valence-corrected chi connectivity index (χ0v) is 24.7. The van der Waals surface area contributed by atoms with Gasteiger partial charge in [-0.05, 0) is 36.5 Å². The van der Waals surface area contributed by atoms with E-state index in [4.69, 9.17) is 44.0 Å². The third-order valence-corrected chi connectivity index (χ3v) is 4.56. The van der Waals surface area contributed by atoms with Gasteiger partial charge in [-0.2, -0.15) is 37.9 Å². The minimum Gasteiger partial charge on any atom is -0.481 e. The first kappa shape index (κ1) is 40.7. The highest BCUT2D eigenvalue weighted by Crippen LogP contribution is 1.88. The van der Waals surface area contributed by atoms with Crippen LogP contribution in [0, 0.1) is 0 Å². The van der Waals surface area contributed by atoms with Crippen molar-refractivity contribution in [2.24, 2.45) is 5.73 Å². The van der Waals surface area contributed by atoms with Crippen LogP contribution in [0.3, 0.4) is 0 Å². The first-order valence-corrected chi connectivity index (χ1v) is 14.2. The molecule has 0 unspecified atom stereocenters. The zero-order chi connectivity index (χ0) is 27.4. The van der Waals surface area contributed by atoms with Gasteiger partial charge in [0.2, 0.25) is 0 Å². The van der Waals surface area contributed by atoms with Crippen LogP contribution in [-0.4, -0.2) is 128 Å². The molecule has 10 nitrogen and oxygen atoms in total. The van der Waals surface area contributed by atoms with Crippen molar-refractivity contribution < 1.29 is 43.1 Å². The van der Waals surface area contributed by atoms with Crippen LogP contribution >= 0.6 is 37.9 Å². The normalized spacial score (nSPS) is 10.4. The number of thiol groups is 3. The topological polar surface area (TPSA) is 128 Å². The standard InChI is InChI=1S/C8H16O4S.C8H18O3S.C7H17NO2S/c9-8(10)2-4-12-6-5-11-3-1-7-13;1-9-4-5-11-7-6-10-3-2-8-12;8-2-4-10-6-5-9-3-1-7-11/h13H,1-7H2,(H,9,10);12H,2-8H2,1H3;11H,1-8H2. The molecule has 3 N–H and O–H groups in total. The molecule has 0 saturated heterocycles. The maximum absolute atomic E-state index is 10.1. The summed E-state index contributed by atoms with van der Waals surface area (Å²) in [5.74, 6) is 1.74. The van der Waals surface area contributed by atoms with Crippen LogP contribution in [0.1, 0.15) is 25.7 Å². The summed E-state index contributed by atoms with van der Waals surface area (Å²) in [7, 11) is 1.66. The Labute approximate surface area is 234 Å². The lowest BCUT2D eigenvalue weighted by molar-refractivity contribution is -0.138. The van der Waals surface area contributed by atoms with E-state index in [0.717, 1.165) is 49.7 Å². The maximum Gasteiger partial charge on any atom is 0.305 e. The van der Waals surface area contributed by atoms with Gasteiger partial charge in [-0.15, -0.1) is 0 Å². The fourth-order valence-corrected chi connectivity index (χ4v) is 2.24. The van der Waals surface area contributed by atoms with Crippen LogP contribution in [-0.2, 0) is 38.0 Å². The quantitative estimate of drug-likeness (QED) is 0.0765. The molecular formula is C23H51NO9S3. The van der Waals surface area contributed by atoms with Gasteiger partial charge < -0.3 is 44.0 Å². The van der Waals surface area contributed by atoms with E-state index >= 15 is 0 Å².